The number of carbonyl (C=O) groups is 1. The first-order chi connectivity index (χ1) is 8.59. The minimum Gasteiger partial charge on any atom is -0.371 e. The SMILES string of the molecule is C[C@H](C(N)=O)N1CCO[C@@H](c2ccccc2Br)C1. The summed E-state index contributed by atoms with van der Waals surface area (Å²) < 4.78 is 6.81. The summed E-state index contributed by atoms with van der Waals surface area (Å²) in [7, 11) is 0. The third-order valence-corrected chi connectivity index (χ3v) is 4.03. The largest absolute Gasteiger partial charge is 0.371 e. The van der Waals surface area contributed by atoms with Crippen LogP contribution in [0.4, 0.5) is 0 Å². The lowest BCUT2D eigenvalue weighted by molar-refractivity contribution is -0.126. The molecule has 1 amide bonds. The number of nitrogens with zero attached hydrogens (tertiary/aromatic N) is 1. The molecule has 4 nitrogen and oxygen atoms in total. The Balaban J connectivity index is 2.12. The van der Waals surface area contributed by atoms with Crippen molar-refractivity contribution in [2.75, 3.05) is 19.7 Å². The van der Waals surface area contributed by atoms with E-state index >= 15 is 0 Å². The molecular weight excluding hydrogens is 296 g/mol. The van der Waals surface area contributed by atoms with Crippen LogP contribution in [-0.2, 0) is 9.53 Å². The molecule has 1 saturated heterocycles. The number of nitrogens with two attached hydrogens (primary N) is 1. The van der Waals surface area contributed by atoms with Gasteiger partial charge in [-0.25, -0.2) is 0 Å². The number of morpholine rings is 1. The Morgan fingerprint density at radius 3 is 2.94 bits per heavy atom. The summed E-state index contributed by atoms with van der Waals surface area (Å²) >= 11 is 3.53. The number of hydrogen-bond acceptors (Lipinski definition) is 3. The molecule has 0 saturated carbocycles. The Kier molecular flexibility index (Phi) is 4.37. The molecule has 1 fully saturated rings. The van der Waals surface area contributed by atoms with Gasteiger partial charge >= 0.3 is 0 Å². The van der Waals surface area contributed by atoms with Crippen LogP contribution in [0.2, 0.25) is 0 Å². The second-order valence-electron chi connectivity index (χ2n) is 4.45. The van der Waals surface area contributed by atoms with Gasteiger partial charge in [-0.15, -0.1) is 0 Å². The van der Waals surface area contributed by atoms with Crippen molar-refractivity contribution in [1.29, 1.82) is 0 Å². The second kappa shape index (κ2) is 5.82. The van der Waals surface area contributed by atoms with Crippen molar-refractivity contribution in [3.63, 3.8) is 0 Å². The van der Waals surface area contributed by atoms with Gasteiger partial charge in [0.1, 0.15) is 0 Å². The molecule has 2 rings (SSSR count). The highest BCUT2D eigenvalue weighted by atomic mass is 79.9. The summed E-state index contributed by atoms with van der Waals surface area (Å²) in [5.74, 6) is -0.289. The van der Waals surface area contributed by atoms with E-state index in [4.69, 9.17) is 10.5 Å². The molecule has 1 aliphatic heterocycles. The molecule has 5 heteroatoms. The Bertz CT molecular complexity index is 439. The van der Waals surface area contributed by atoms with Gasteiger partial charge in [-0.1, -0.05) is 34.1 Å². The quantitative estimate of drug-likeness (QED) is 0.924. The van der Waals surface area contributed by atoms with E-state index in [1.165, 1.54) is 0 Å². The van der Waals surface area contributed by atoms with Crippen molar-refractivity contribution < 1.29 is 9.53 Å². The number of halogens is 1. The summed E-state index contributed by atoms with van der Waals surface area (Å²) in [6.45, 7) is 3.88. The maximum Gasteiger partial charge on any atom is 0.234 e. The van der Waals surface area contributed by atoms with Crippen LogP contribution in [-0.4, -0.2) is 36.5 Å². The van der Waals surface area contributed by atoms with Crippen LogP contribution in [0.1, 0.15) is 18.6 Å². The first-order valence-electron chi connectivity index (χ1n) is 5.99. The van der Waals surface area contributed by atoms with E-state index in [2.05, 4.69) is 20.8 Å². The van der Waals surface area contributed by atoms with Crippen LogP contribution in [0.15, 0.2) is 28.7 Å². The summed E-state index contributed by atoms with van der Waals surface area (Å²) in [5, 5.41) is 0. The van der Waals surface area contributed by atoms with Crippen LogP contribution in [0.3, 0.4) is 0 Å². The van der Waals surface area contributed by atoms with Gasteiger partial charge in [-0.05, 0) is 18.6 Å². The monoisotopic (exact) mass is 312 g/mol. The molecule has 1 aromatic carbocycles. The van der Waals surface area contributed by atoms with Gasteiger partial charge in [0, 0.05) is 17.6 Å². The molecule has 0 bridgehead atoms. The Morgan fingerprint density at radius 2 is 2.28 bits per heavy atom. The van der Waals surface area contributed by atoms with Gasteiger partial charge < -0.3 is 10.5 Å². The van der Waals surface area contributed by atoms with E-state index in [1.54, 1.807) is 0 Å². The van der Waals surface area contributed by atoms with Gasteiger partial charge in [-0.3, -0.25) is 9.69 Å². The van der Waals surface area contributed by atoms with Crippen molar-refractivity contribution in [3.8, 4) is 0 Å². The number of carbonyl (C=O) groups excluding carboxylic acids is 1. The number of benzene rings is 1. The number of rotatable bonds is 3. The third kappa shape index (κ3) is 2.91. The van der Waals surface area contributed by atoms with Crippen LogP contribution in [0.25, 0.3) is 0 Å². The number of primary amides is 1. The van der Waals surface area contributed by atoms with E-state index in [-0.39, 0.29) is 18.1 Å². The zero-order valence-corrected chi connectivity index (χ0v) is 11.9. The molecule has 0 unspecified atom stereocenters. The molecule has 98 valence electrons. The normalized spacial score (nSPS) is 22.7. The van der Waals surface area contributed by atoms with Gasteiger partial charge in [0.05, 0.1) is 18.8 Å². The zero-order valence-electron chi connectivity index (χ0n) is 10.3. The molecule has 2 atom stereocenters. The number of amides is 1. The average Bonchev–Trinajstić information content (AvgIpc) is 2.38. The maximum absolute atomic E-state index is 11.2. The summed E-state index contributed by atoms with van der Waals surface area (Å²) in [6, 6.07) is 7.74. The fourth-order valence-electron chi connectivity index (χ4n) is 2.13. The molecular formula is C13H17BrN2O2. The van der Waals surface area contributed by atoms with E-state index in [0.717, 1.165) is 16.6 Å². The molecule has 0 aromatic heterocycles. The van der Waals surface area contributed by atoms with Crippen molar-refractivity contribution in [3.05, 3.63) is 34.3 Å². The fourth-order valence-corrected chi connectivity index (χ4v) is 2.67. The average molecular weight is 313 g/mol. The van der Waals surface area contributed by atoms with Crippen LogP contribution in [0.5, 0.6) is 0 Å². The Morgan fingerprint density at radius 1 is 1.56 bits per heavy atom. The maximum atomic E-state index is 11.2. The first kappa shape index (κ1) is 13.5. The third-order valence-electron chi connectivity index (χ3n) is 3.31. The number of hydrogen-bond donors (Lipinski definition) is 1. The van der Waals surface area contributed by atoms with E-state index in [1.807, 2.05) is 31.2 Å². The molecule has 1 aliphatic rings. The van der Waals surface area contributed by atoms with Crippen molar-refractivity contribution in [2.45, 2.75) is 19.1 Å². The highest BCUT2D eigenvalue weighted by Crippen LogP contribution is 2.29. The van der Waals surface area contributed by atoms with E-state index in [9.17, 15) is 4.79 Å². The molecule has 0 aliphatic carbocycles. The topological polar surface area (TPSA) is 55.6 Å². The second-order valence-corrected chi connectivity index (χ2v) is 5.31. The van der Waals surface area contributed by atoms with Gasteiger partial charge in [0.25, 0.3) is 0 Å². The number of ether oxygens (including phenoxy) is 1. The highest BCUT2D eigenvalue weighted by Gasteiger charge is 2.28. The molecule has 1 heterocycles. The molecule has 1 aromatic rings. The molecule has 0 spiro atoms. The molecule has 18 heavy (non-hydrogen) atoms. The standard InChI is InChI=1S/C13H17BrN2O2/c1-9(13(15)17)16-6-7-18-12(8-16)10-4-2-3-5-11(10)14/h2-5,9,12H,6-8H2,1H3,(H2,15,17)/t9-,12-/m1/s1. The molecule has 2 N–H and O–H groups in total. The first-order valence-corrected chi connectivity index (χ1v) is 6.78. The lowest BCUT2D eigenvalue weighted by Gasteiger charge is -2.36. The zero-order chi connectivity index (χ0) is 13.1. The Labute approximate surface area is 115 Å². The van der Waals surface area contributed by atoms with Crippen LogP contribution in [0, 0.1) is 0 Å². The van der Waals surface area contributed by atoms with Crippen LogP contribution < -0.4 is 5.73 Å². The Hall–Kier alpha value is -0.910. The summed E-state index contributed by atoms with van der Waals surface area (Å²) in [5.41, 5.74) is 6.46. The van der Waals surface area contributed by atoms with Gasteiger partial charge in [-0.2, -0.15) is 0 Å². The van der Waals surface area contributed by atoms with Crippen molar-refractivity contribution >= 4 is 21.8 Å². The summed E-state index contributed by atoms with van der Waals surface area (Å²) in [4.78, 5) is 13.3. The minimum absolute atomic E-state index is 0.0175. The predicted molar refractivity (Wildman–Crippen MR) is 73.1 cm³/mol. The lowest BCUT2D eigenvalue weighted by atomic mass is 10.1. The minimum atomic E-state index is -0.289. The predicted octanol–water partition coefficient (Wildman–Crippen LogP) is 1.70. The van der Waals surface area contributed by atoms with Crippen LogP contribution >= 0.6 is 15.9 Å². The molecule has 0 radical (unpaired) electrons. The fraction of sp³-hybridized carbons (Fsp3) is 0.462. The van der Waals surface area contributed by atoms with E-state index in [0.29, 0.717) is 13.2 Å². The van der Waals surface area contributed by atoms with Gasteiger partial charge in [0.2, 0.25) is 5.91 Å². The van der Waals surface area contributed by atoms with Crippen molar-refractivity contribution in [2.24, 2.45) is 5.73 Å². The van der Waals surface area contributed by atoms with Gasteiger partial charge in [0.15, 0.2) is 0 Å². The van der Waals surface area contributed by atoms with Crippen molar-refractivity contribution in [1.82, 2.24) is 4.90 Å². The highest BCUT2D eigenvalue weighted by molar-refractivity contribution is 9.10. The van der Waals surface area contributed by atoms with E-state index < -0.39 is 0 Å². The smallest absolute Gasteiger partial charge is 0.234 e. The summed E-state index contributed by atoms with van der Waals surface area (Å²) in [6.07, 6.45) is -0.0175. The lowest BCUT2D eigenvalue weighted by Crippen LogP contribution is -2.49.